The van der Waals surface area contributed by atoms with Crippen molar-refractivity contribution in [2.75, 3.05) is 17.7 Å². The van der Waals surface area contributed by atoms with Crippen LogP contribution in [0.2, 0.25) is 5.02 Å². The van der Waals surface area contributed by atoms with Crippen molar-refractivity contribution in [3.05, 3.63) is 23.2 Å². The fraction of sp³-hybridized carbons (Fsp3) is 0.500. The van der Waals surface area contributed by atoms with Gasteiger partial charge in [0.05, 0.1) is 29.8 Å². The minimum atomic E-state index is -0.123. The van der Waals surface area contributed by atoms with E-state index in [4.69, 9.17) is 22.1 Å². The van der Waals surface area contributed by atoms with Crippen LogP contribution >= 0.6 is 11.6 Å². The minimum Gasteiger partial charge on any atom is -0.399 e. The van der Waals surface area contributed by atoms with E-state index in [0.717, 1.165) is 0 Å². The van der Waals surface area contributed by atoms with Crippen LogP contribution in [-0.4, -0.2) is 18.6 Å². The van der Waals surface area contributed by atoms with Gasteiger partial charge in [-0.2, -0.15) is 0 Å². The molecule has 1 unspecified atom stereocenters. The Labute approximate surface area is 119 Å². The van der Waals surface area contributed by atoms with Crippen molar-refractivity contribution in [3.63, 3.8) is 0 Å². The smallest absolute Gasteiger partial charge is 0.226 e. The summed E-state index contributed by atoms with van der Waals surface area (Å²) in [6.45, 7) is 6.56. The fourth-order valence-corrected chi connectivity index (χ4v) is 1.61. The van der Waals surface area contributed by atoms with E-state index in [9.17, 15) is 4.79 Å². The van der Waals surface area contributed by atoms with Crippen LogP contribution in [0.15, 0.2) is 18.2 Å². The number of anilines is 2. The monoisotopic (exact) mass is 284 g/mol. The number of nitrogens with one attached hydrogen (secondary N) is 1. The van der Waals surface area contributed by atoms with Gasteiger partial charge in [-0.3, -0.25) is 4.79 Å². The van der Waals surface area contributed by atoms with E-state index in [1.165, 1.54) is 0 Å². The number of ether oxygens (including phenoxy) is 1. The number of amides is 1. The zero-order valence-corrected chi connectivity index (χ0v) is 12.3. The Hall–Kier alpha value is -1.26. The van der Waals surface area contributed by atoms with Crippen LogP contribution in [-0.2, 0) is 9.53 Å². The lowest BCUT2D eigenvalue weighted by molar-refractivity contribution is -0.117. The molecule has 0 saturated heterocycles. The van der Waals surface area contributed by atoms with Crippen molar-refractivity contribution in [1.29, 1.82) is 0 Å². The van der Waals surface area contributed by atoms with E-state index in [1.54, 1.807) is 18.2 Å². The zero-order valence-electron chi connectivity index (χ0n) is 11.6. The summed E-state index contributed by atoms with van der Waals surface area (Å²) in [5, 5.41) is 3.17. The predicted octanol–water partition coefficient (Wildman–Crippen LogP) is 3.31. The van der Waals surface area contributed by atoms with Gasteiger partial charge in [0.1, 0.15) is 0 Å². The van der Waals surface area contributed by atoms with Crippen LogP contribution in [0.4, 0.5) is 11.4 Å². The van der Waals surface area contributed by atoms with Gasteiger partial charge in [0, 0.05) is 5.69 Å². The van der Waals surface area contributed by atoms with Gasteiger partial charge < -0.3 is 15.8 Å². The molecule has 0 aliphatic heterocycles. The maximum Gasteiger partial charge on any atom is 0.226 e. The number of benzene rings is 1. The van der Waals surface area contributed by atoms with Gasteiger partial charge in [0.15, 0.2) is 0 Å². The quantitative estimate of drug-likeness (QED) is 0.788. The molecule has 0 aromatic heterocycles. The van der Waals surface area contributed by atoms with Crippen LogP contribution in [0.25, 0.3) is 0 Å². The van der Waals surface area contributed by atoms with E-state index in [-0.39, 0.29) is 12.0 Å². The summed E-state index contributed by atoms with van der Waals surface area (Å²) >= 11 is 5.97. The molecule has 1 atom stereocenters. The summed E-state index contributed by atoms with van der Waals surface area (Å²) in [5.74, 6) is 0.317. The Balaban J connectivity index is 2.39. The topological polar surface area (TPSA) is 64.3 Å². The maximum absolute atomic E-state index is 11.7. The molecule has 4 nitrogen and oxygen atoms in total. The number of hydrogen-bond donors (Lipinski definition) is 2. The lowest BCUT2D eigenvalue weighted by Gasteiger charge is -2.16. The molecule has 0 aliphatic carbocycles. The molecule has 0 fully saturated rings. The Morgan fingerprint density at radius 3 is 2.68 bits per heavy atom. The lowest BCUT2D eigenvalue weighted by Crippen LogP contribution is -2.20. The van der Waals surface area contributed by atoms with Gasteiger partial charge in [-0.1, -0.05) is 25.4 Å². The number of hydrogen-bond acceptors (Lipinski definition) is 3. The predicted molar refractivity (Wildman–Crippen MR) is 79.4 cm³/mol. The molecule has 0 saturated carbocycles. The molecule has 1 aromatic carbocycles. The molecule has 0 radical (unpaired) electrons. The highest BCUT2D eigenvalue weighted by Gasteiger charge is 2.09. The summed E-state index contributed by atoms with van der Waals surface area (Å²) in [5.41, 5.74) is 6.72. The Morgan fingerprint density at radius 2 is 2.11 bits per heavy atom. The second-order valence-corrected chi connectivity index (χ2v) is 5.26. The van der Waals surface area contributed by atoms with Crippen LogP contribution in [0.3, 0.4) is 0 Å². The van der Waals surface area contributed by atoms with Crippen molar-refractivity contribution < 1.29 is 9.53 Å². The third-order valence-electron chi connectivity index (χ3n) is 2.92. The number of nitrogens with two attached hydrogens (primary N) is 1. The third-order valence-corrected chi connectivity index (χ3v) is 3.23. The van der Waals surface area contributed by atoms with E-state index in [0.29, 0.717) is 35.3 Å². The molecule has 0 heterocycles. The van der Waals surface area contributed by atoms with Crippen LogP contribution in [0, 0.1) is 5.92 Å². The van der Waals surface area contributed by atoms with Crippen molar-refractivity contribution in [1.82, 2.24) is 0 Å². The van der Waals surface area contributed by atoms with Crippen molar-refractivity contribution in [2.45, 2.75) is 33.3 Å². The Morgan fingerprint density at radius 1 is 1.42 bits per heavy atom. The van der Waals surface area contributed by atoms with Crippen LogP contribution < -0.4 is 11.1 Å². The number of halogens is 1. The zero-order chi connectivity index (χ0) is 14.4. The molecule has 1 rings (SSSR count). The molecule has 5 heteroatoms. The van der Waals surface area contributed by atoms with Gasteiger partial charge in [0.2, 0.25) is 5.91 Å². The molecule has 0 bridgehead atoms. The summed E-state index contributed by atoms with van der Waals surface area (Å²) in [7, 11) is 0. The van der Waals surface area contributed by atoms with Crippen molar-refractivity contribution in [2.24, 2.45) is 5.92 Å². The number of carbonyl (C=O) groups excluding carboxylic acids is 1. The second kappa shape index (κ2) is 7.36. The van der Waals surface area contributed by atoms with Crippen LogP contribution in [0.1, 0.15) is 27.2 Å². The molecule has 0 spiro atoms. The summed E-state index contributed by atoms with van der Waals surface area (Å²) in [6.07, 6.45) is 0.450. The average molecular weight is 285 g/mol. The maximum atomic E-state index is 11.7. The largest absolute Gasteiger partial charge is 0.399 e. The van der Waals surface area contributed by atoms with E-state index < -0.39 is 0 Å². The lowest BCUT2D eigenvalue weighted by atomic mass is 10.1. The Kier molecular flexibility index (Phi) is 6.12. The first-order valence-electron chi connectivity index (χ1n) is 6.36. The van der Waals surface area contributed by atoms with E-state index in [2.05, 4.69) is 19.2 Å². The first-order valence-corrected chi connectivity index (χ1v) is 6.74. The first kappa shape index (κ1) is 15.8. The standard InChI is InChI=1S/C14H21ClN2O2/c1-9(2)10(3)19-7-6-14(18)17-13-5-4-11(16)8-12(13)15/h4-5,8-10H,6-7,16H2,1-3H3,(H,17,18). The van der Waals surface area contributed by atoms with E-state index >= 15 is 0 Å². The highest BCUT2D eigenvalue weighted by Crippen LogP contribution is 2.24. The number of nitrogen functional groups attached to an aromatic ring is 1. The number of carbonyl (C=O) groups is 1. The van der Waals surface area contributed by atoms with Gasteiger partial charge in [0.25, 0.3) is 0 Å². The van der Waals surface area contributed by atoms with E-state index in [1.807, 2.05) is 6.92 Å². The van der Waals surface area contributed by atoms with Gasteiger partial charge in [-0.25, -0.2) is 0 Å². The molecule has 106 valence electrons. The normalized spacial score (nSPS) is 12.5. The molecular formula is C14H21ClN2O2. The van der Waals surface area contributed by atoms with Gasteiger partial charge >= 0.3 is 0 Å². The van der Waals surface area contributed by atoms with Gasteiger partial charge in [-0.15, -0.1) is 0 Å². The van der Waals surface area contributed by atoms with Crippen molar-refractivity contribution >= 4 is 28.9 Å². The second-order valence-electron chi connectivity index (χ2n) is 4.86. The highest BCUT2D eigenvalue weighted by molar-refractivity contribution is 6.34. The first-order chi connectivity index (χ1) is 8.90. The average Bonchev–Trinajstić information content (AvgIpc) is 2.32. The summed E-state index contributed by atoms with van der Waals surface area (Å²) in [6, 6.07) is 4.99. The molecule has 19 heavy (non-hydrogen) atoms. The minimum absolute atomic E-state index is 0.123. The third kappa shape index (κ3) is 5.49. The number of rotatable bonds is 6. The fourth-order valence-electron chi connectivity index (χ4n) is 1.38. The van der Waals surface area contributed by atoms with Crippen LogP contribution in [0.5, 0.6) is 0 Å². The molecule has 0 aliphatic rings. The summed E-state index contributed by atoms with van der Waals surface area (Å²) in [4.78, 5) is 11.7. The van der Waals surface area contributed by atoms with Crippen molar-refractivity contribution in [3.8, 4) is 0 Å². The SMILES string of the molecule is CC(C)C(C)OCCC(=O)Nc1ccc(N)cc1Cl. The molecule has 1 aromatic rings. The highest BCUT2D eigenvalue weighted by atomic mass is 35.5. The van der Waals surface area contributed by atoms with Gasteiger partial charge in [-0.05, 0) is 31.0 Å². The molecular weight excluding hydrogens is 264 g/mol. The Bertz CT molecular complexity index is 435. The molecule has 1 amide bonds. The molecule has 3 N–H and O–H groups in total. The summed E-state index contributed by atoms with van der Waals surface area (Å²) < 4.78 is 5.55.